The molecule has 2 heteroatoms. The van der Waals surface area contributed by atoms with E-state index >= 15 is 0 Å². The molecule has 0 amide bonds. The molecule has 2 aromatic carbocycles. The van der Waals surface area contributed by atoms with Crippen LogP contribution in [0.1, 0.15) is 25.0 Å². The predicted molar refractivity (Wildman–Crippen MR) is 77.1 cm³/mol. The molecule has 0 unspecified atom stereocenters. The molecule has 0 aliphatic heterocycles. The van der Waals surface area contributed by atoms with Gasteiger partial charge in [0.2, 0.25) is 0 Å². The van der Waals surface area contributed by atoms with Crippen molar-refractivity contribution in [2.75, 3.05) is 0 Å². The third kappa shape index (κ3) is 2.95. The normalized spacial score (nSPS) is 10.3. The Balaban J connectivity index is 2.46. The first-order valence-electron chi connectivity index (χ1n) is 6.38. The zero-order valence-corrected chi connectivity index (χ0v) is 11.5. The van der Waals surface area contributed by atoms with E-state index in [2.05, 4.69) is 25.1 Å². The number of nitriles is 1. The van der Waals surface area contributed by atoms with E-state index in [4.69, 9.17) is 4.74 Å². The van der Waals surface area contributed by atoms with Gasteiger partial charge in [-0.1, -0.05) is 30.3 Å². The van der Waals surface area contributed by atoms with Crippen molar-refractivity contribution >= 4 is 0 Å². The molecule has 19 heavy (non-hydrogen) atoms. The molecule has 2 nitrogen and oxygen atoms in total. The van der Waals surface area contributed by atoms with Crippen molar-refractivity contribution < 1.29 is 4.74 Å². The number of aryl methyl sites for hydroxylation is 1. The minimum Gasteiger partial charge on any atom is -0.490 e. The lowest BCUT2D eigenvalue weighted by molar-refractivity contribution is 0.242. The van der Waals surface area contributed by atoms with E-state index in [-0.39, 0.29) is 6.10 Å². The van der Waals surface area contributed by atoms with Gasteiger partial charge in [0.1, 0.15) is 11.8 Å². The van der Waals surface area contributed by atoms with Crippen LogP contribution < -0.4 is 4.74 Å². The van der Waals surface area contributed by atoms with Gasteiger partial charge in [-0.15, -0.1) is 0 Å². The molecular weight excluding hydrogens is 234 g/mol. The highest BCUT2D eigenvalue weighted by molar-refractivity contribution is 5.70. The fourth-order valence-electron chi connectivity index (χ4n) is 2.04. The zero-order chi connectivity index (χ0) is 13.8. The summed E-state index contributed by atoms with van der Waals surface area (Å²) in [6.45, 7) is 5.98. The summed E-state index contributed by atoms with van der Waals surface area (Å²) in [6, 6.07) is 16.1. The van der Waals surface area contributed by atoms with Crippen LogP contribution >= 0.6 is 0 Å². The lowest BCUT2D eigenvalue weighted by atomic mass is 9.99. The topological polar surface area (TPSA) is 33.0 Å². The Hall–Kier alpha value is -2.27. The lowest BCUT2D eigenvalue weighted by Crippen LogP contribution is -2.06. The molecule has 0 heterocycles. The van der Waals surface area contributed by atoms with Crippen LogP contribution in [0.4, 0.5) is 0 Å². The number of ether oxygens (including phenoxy) is 1. The number of benzene rings is 2. The van der Waals surface area contributed by atoms with Gasteiger partial charge < -0.3 is 4.74 Å². The van der Waals surface area contributed by atoms with Gasteiger partial charge in [0.25, 0.3) is 0 Å². The van der Waals surface area contributed by atoms with Crippen molar-refractivity contribution in [3.8, 4) is 22.9 Å². The predicted octanol–water partition coefficient (Wildman–Crippen LogP) is 4.32. The maximum atomic E-state index is 9.24. The summed E-state index contributed by atoms with van der Waals surface area (Å²) >= 11 is 0. The summed E-state index contributed by atoms with van der Waals surface area (Å²) in [7, 11) is 0. The molecule has 2 rings (SSSR count). The Morgan fingerprint density at radius 2 is 1.84 bits per heavy atom. The van der Waals surface area contributed by atoms with Crippen molar-refractivity contribution in [3.05, 3.63) is 53.6 Å². The number of hydrogen-bond acceptors (Lipinski definition) is 2. The summed E-state index contributed by atoms with van der Waals surface area (Å²) in [5.41, 5.74) is 3.97. The van der Waals surface area contributed by atoms with Gasteiger partial charge in [-0.05, 0) is 49.6 Å². The van der Waals surface area contributed by atoms with Crippen LogP contribution in [0.25, 0.3) is 11.1 Å². The van der Waals surface area contributed by atoms with E-state index in [0.717, 1.165) is 11.1 Å². The monoisotopic (exact) mass is 251 g/mol. The third-order valence-corrected chi connectivity index (χ3v) is 2.92. The average Bonchev–Trinajstić information content (AvgIpc) is 2.39. The highest BCUT2D eigenvalue weighted by Crippen LogP contribution is 2.28. The van der Waals surface area contributed by atoms with Gasteiger partial charge in [-0.3, -0.25) is 0 Å². The van der Waals surface area contributed by atoms with Crippen LogP contribution in [0.15, 0.2) is 42.5 Å². The summed E-state index contributed by atoms with van der Waals surface area (Å²) in [4.78, 5) is 0. The second-order valence-electron chi connectivity index (χ2n) is 4.80. The van der Waals surface area contributed by atoms with Crippen molar-refractivity contribution in [1.29, 1.82) is 5.26 Å². The molecule has 0 saturated carbocycles. The highest BCUT2D eigenvalue weighted by Gasteiger charge is 2.08. The molecule has 96 valence electrons. The van der Waals surface area contributed by atoms with Gasteiger partial charge in [-0.2, -0.15) is 5.26 Å². The van der Waals surface area contributed by atoms with Crippen LogP contribution in [0.2, 0.25) is 0 Å². The molecule has 2 aromatic rings. The second kappa shape index (κ2) is 5.58. The fraction of sp³-hybridized carbons (Fsp3) is 0.235. The third-order valence-electron chi connectivity index (χ3n) is 2.92. The van der Waals surface area contributed by atoms with E-state index in [9.17, 15) is 5.26 Å². The first-order valence-corrected chi connectivity index (χ1v) is 6.38. The highest BCUT2D eigenvalue weighted by atomic mass is 16.5. The molecule has 0 saturated heterocycles. The van der Waals surface area contributed by atoms with Gasteiger partial charge in [0.05, 0.1) is 11.7 Å². The molecule has 0 aliphatic rings. The standard InChI is InChI=1S/C17H17NO/c1-12(2)19-17-9-8-14(10-15(17)11-18)16-7-5-4-6-13(16)3/h4-10,12H,1-3H3. The van der Waals surface area contributed by atoms with Gasteiger partial charge >= 0.3 is 0 Å². The Morgan fingerprint density at radius 1 is 1.11 bits per heavy atom. The summed E-state index contributed by atoms with van der Waals surface area (Å²) < 4.78 is 5.63. The average molecular weight is 251 g/mol. The number of hydrogen-bond donors (Lipinski definition) is 0. The van der Waals surface area contributed by atoms with Gasteiger partial charge in [-0.25, -0.2) is 0 Å². The summed E-state index contributed by atoms with van der Waals surface area (Å²) in [5, 5.41) is 9.24. The van der Waals surface area contributed by atoms with Crippen LogP contribution in [0, 0.1) is 18.3 Å². The SMILES string of the molecule is Cc1ccccc1-c1ccc(OC(C)C)c(C#N)c1. The molecule has 0 fully saturated rings. The summed E-state index contributed by atoms with van der Waals surface area (Å²) in [5.74, 6) is 0.648. The molecule has 0 aromatic heterocycles. The first-order chi connectivity index (χ1) is 9.11. The van der Waals surface area contributed by atoms with Crippen LogP contribution in [-0.4, -0.2) is 6.10 Å². The smallest absolute Gasteiger partial charge is 0.137 e. The van der Waals surface area contributed by atoms with Crippen LogP contribution in [0.5, 0.6) is 5.75 Å². The zero-order valence-electron chi connectivity index (χ0n) is 11.5. The molecule has 0 atom stereocenters. The molecule has 0 aliphatic carbocycles. The number of rotatable bonds is 3. The van der Waals surface area contributed by atoms with E-state index < -0.39 is 0 Å². The minimum atomic E-state index is 0.0661. The molecule has 0 radical (unpaired) electrons. The van der Waals surface area contributed by atoms with Crippen molar-refractivity contribution in [2.24, 2.45) is 0 Å². The van der Waals surface area contributed by atoms with E-state index in [1.165, 1.54) is 5.56 Å². The molecular formula is C17H17NO. The molecule has 0 N–H and O–H groups in total. The maximum Gasteiger partial charge on any atom is 0.137 e. The van der Waals surface area contributed by atoms with Crippen LogP contribution in [-0.2, 0) is 0 Å². The first kappa shape index (κ1) is 13.2. The van der Waals surface area contributed by atoms with Gasteiger partial charge in [0.15, 0.2) is 0 Å². The molecule has 0 spiro atoms. The van der Waals surface area contributed by atoms with Crippen LogP contribution in [0.3, 0.4) is 0 Å². The van der Waals surface area contributed by atoms with Crippen molar-refractivity contribution in [1.82, 2.24) is 0 Å². The van der Waals surface area contributed by atoms with Gasteiger partial charge in [0, 0.05) is 0 Å². The van der Waals surface area contributed by atoms with Crippen molar-refractivity contribution in [2.45, 2.75) is 26.9 Å². The Labute approximate surface area is 114 Å². The Kier molecular flexibility index (Phi) is 3.87. The second-order valence-corrected chi connectivity index (χ2v) is 4.80. The Morgan fingerprint density at radius 3 is 2.47 bits per heavy atom. The maximum absolute atomic E-state index is 9.24. The van der Waals surface area contributed by atoms with Crippen molar-refractivity contribution in [3.63, 3.8) is 0 Å². The lowest BCUT2D eigenvalue weighted by Gasteiger charge is -2.13. The quantitative estimate of drug-likeness (QED) is 0.813. The fourth-order valence-corrected chi connectivity index (χ4v) is 2.04. The largest absolute Gasteiger partial charge is 0.490 e. The number of nitrogens with zero attached hydrogens (tertiary/aromatic N) is 1. The van der Waals surface area contributed by atoms with E-state index in [1.807, 2.05) is 44.2 Å². The Bertz CT molecular complexity index is 623. The van der Waals surface area contributed by atoms with E-state index in [1.54, 1.807) is 0 Å². The summed E-state index contributed by atoms with van der Waals surface area (Å²) in [6.07, 6.45) is 0.0661. The molecule has 0 bridgehead atoms. The van der Waals surface area contributed by atoms with E-state index in [0.29, 0.717) is 11.3 Å². The minimum absolute atomic E-state index is 0.0661.